The Labute approximate surface area is 114 Å². The molecule has 0 radical (unpaired) electrons. The lowest BCUT2D eigenvalue weighted by atomic mass is 10.2. The molecule has 0 amide bonds. The fourth-order valence-corrected chi connectivity index (χ4v) is 0.853. The monoisotopic (exact) mass is 270 g/mol. The van der Waals surface area contributed by atoms with Crippen molar-refractivity contribution in [1.29, 1.82) is 0 Å². The molecule has 0 spiro atoms. The third-order valence-electron chi connectivity index (χ3n) is 1.36. The highest BCUT2D eigenvalue weighted by Gasteiger charge is 2.05. The number of carbonyl (C=O) groups is 1. The van der Waals surface area contributed by atoms with Crippen LogP contribution in [0.5, 0.6) is 0 Å². The van der Waals surface area contributed by atoms with Crippen molar-refractivity contribution in [2.24, 2.45) is 11.5 Å². The van der Waals surface area contributed by atoms with Crippen molar-refractivity contribution < 1.29 is 9.53 Å². The Hall–Kier alpha value is -1.46. The molecular formula is C13H22N2O2S. The van der Waals surface area contributed by atoms with Crippen LogP contribution in [-0.2, 0) is 4.74 Å². The van der Waals surface area contributed by atoms with Gasteiger partial charge in [0.1, 0.15) is 11.6 Å². The molecule has 0 aromatic heterocycles. The van der Waals surface area contributed by atoms with Gasteiger partial charge in [0.05, 0.1) is 5.56 Å². The predicted octanol–water partition coefficient (Wildman–Crippen LogP) is 2.12. The first-order chi connectivity index (χ1) is 8.61. The molecule has 0 heterocycles. The third-order valence-corrected chi connectivity index (χ3v) is 1.47. The highest BCUT2D eigenvalue weighted by atomic mass is 32.1. The fraction of sp³-hybridized carbons (Fsp3) is 0.385. The minimum absolute atomic E-state index is 0.0109. The maximum atomic E-state index is 11.2. The van der Waals surface area contributed by atoms with Gasteiger partial charge in [-0.15, -0.1) is 0 Å². The number of thiocarbonyl (C=S) groups is 1. The Morgan fingerprint density at radius 3 is 2.11 bits per heavy atom. The SMILES string of the molecule is CC.CCN.NC(=S)COC(=O)c1ccccc1. The number of ether oxygens (including phenoxy) is 1. The van der Waals surface area contributed by atoms with E-state index in [2.05, 4.69) is 12.2 Å². The molecule has 0 unspecified atom stereocenters. The molecule has 102 valence electrons. The summed E-state index contributed by atoms with van der Waals surface area (Å²) in [6.07, 6.45) is 0. The molecule has 0 saturated carbocycles. The van der Waals surface area contributed by atoms with Crippen molar-refractivity contribution in [3.8, 4) is 0 Å². The number of esters is 1. The maximum absolute atomic E-state index is 11.2. The summed E-state index contributed by atoms with van der Waals surface area (Å²) in [7, 11) is 0. The smallest absolute Gasteiger partial charge is 0.338 e. The van der Waals surface area contributed by atoms with Crippen LogP contribution in [0.15, 0.2) is 30.3 Å². The van der Waals surface area contributed by atoms with Crippen molar-refractivity contribution in [2.45, 2.75) is 20.8 Å². The molecule has 0 saturated heterocycles. The number of hydrogen-bond donors (Lipinski definition) is 2. The molecule has 1 aromatic rings. The number of benzene rings is 1. The summed E-state index contributed by atoms with van der Waals surface area (Å²) in [6.45, 7) is 6.64. The molecule has 0 aliphatic carbocycles. The Bertz CT molecular complexity index is 329. The van der Waals surface area contributed by atoms with Crippen LogP contribution in [0.25, 0.3) is 0 Å². The van der Waals surface area contributed by atoms with Crippen molar-refractivity contribution >= 4 is 23.2 Å². The zero-order valence-electron chi connectivity index (χ0n) is 11.2. The normalized spacial score (nSPS) is 8.00. The minimum atomic E-state index is -0.409. The number of hydrogen-bond acceptors (Lipinski definition) is 4. The van der Waals surface area contributed by atoms with E-state index in [1.54, 1.807) is 24.3 Å². The second kappa shape index (κ2) is 13.6. The molecule has 0 bridgehead atoms. The van der Waals surface area contributed by atoms with Gasteiger partial charge in [-0.05, 0) is 18.7 Å². The summed E-state index contributed by atoms with van der Waals surface area (Å²) >= 11 is 4.56. The predicted molar refractivity (Wildman–Crippen MR) is 79.6 cm³/mol. The standard InChI is InChI=1S/C9H9NO2S.C2H7N.C2H6/c10-8(13)6-12-9(11)7-4-2-1-3-5-7;1-2-3;1-2/h1-5H,6H2,(H2,10,13);2-3H2,1H3;1-2H3. The largest absolute Gasteiger partial charge is 0.455 e. The minimum Gasteiger partial charge on any atom is -0.455 e. The molecular weight excluding hydrogens is 248 g/mol. The summed E-state index contributed by atoms with van der Waals surface area (Å²) in [5.74, 6) is -0.409. The van der Waals surface area contributed by atoms with E-state index >= 15 is 0 Å². The van der Waals surface area contributed by atoms with Gasteiger partial charge in [-0.1, -0.05) is 51.2 Å². The van der Waals surface area contributed by atoms with Crippen molar-refractivity contribution in [1.82, 2.24) is 0 Å². The van der Waals surface area contributed by atoms with Crippen LogP contribution in [0.4, 0.5) is 0 Å². The lowest BCUT2D eigenvalue weighted by Crippen LogP contribution is -2.18. The maximum Gasteiger partial charge on any atom is 0.338 e. The van der Waals surface area contributed by atoms with E-state index in [9.17, 15) is 4.79 Å². The highest BCUT2D eigenvalue weighted by molar-refractivity contribution is 7.80. The fourth-order valence-electron chi connectivity index (χ4n) is 0.794. The zero-order valence-corrected chi connectivity index (χ0v) is 12.0. The Morgan fingerprint density at radius 1 is 1.28 bits per heavy atom. The number of carbonyl (C=O) groups excluding carboxylic acids is 1. The first-order valence-corrected chi connectivity index (χ1v) is 6.23. The summed E-state index contributed by atoms with van der Waals surface area (Å²) in [5.41, 5.74) is 10.5. The van der Waals surface area contributed by atoms with Crippen molar-refractivity contribution in [3.05, 3.63) is 35.9 Å². The van der Waals surface area contributed by atoms with Crippen molar-refractivity contribution in [2.75, 3.05) is 13.2 Å². The summed E-state index contributed by atoms with van der Waals surface area (Å²) in [5, 5.41) is 0. The van der Waals surface area contributed by atoms with Gasteiger partial charge >= 0.3 is 5.97 Å². The summed E-state index contributed by atoms with van der Waals surface area (Å²) in [6, 6.07) is 8.68. The molecule has 1 rings (SSSR count). The zero-order chi connectivity index (χ0) is 14.4. The van der Waals surface area contributed by atoms with E-state index in [1.165, 1.54) is 0 Å². The van der Waals surface area contributed by atoms with Crippen LogP contribution in [0, 0.1) is 0 Å². The quantitative estimate of drug-likeness (QED) is 0.650. The summed E-state index contributed by atoms with van der Waals surface area (Å²) in [4.78, 5) is 11.4. The molecule has 5 heteroatoms. The molecule has 1 aromatic carbocycles. The average Bonchev–Trinajstić information content (AvgIpc) is 2.40. The van der Waals surface area contributed by atoms with Gasteiger partial charge in [0.25, 0.3) is 0 Å². The van der Waals surface area contributed by atoms with Gasteiger partial charge in [0.15, 0.2) is 0 Å². The number of nitrogens with two attached hydrogens (primary N) is 2. The molecule has 0 atom stereocenters. The highest BCUT2D eigenvalue weighted by Crippen LogP contribution is 2.00. The van der Waals surface area contributed by atoms with Crippen LogP contribution in [0.3, 0.4) is 0 Å². The van der Waals surface area contributed by atoms with Crippen LogP contribution < -0.4 is 11.5 Å². The Morgan fingerprint density at radius 2 is 1.72 bits per heavy atom. The van der Waals surface area contributed by atoms with Crippen LogP contribution in [0.2, 0.25) is 0 Å². The second-order valence-electron chi connectivity index (χ2n) is 2.82. The van der Waals surface area contributed by atoms with Gasteiger partial charge in [0.2, 0.25) is 0 Å². The molecule has 18 heavy (non-hydrogen) atoms. The van der Waals surface area contributed by atoms with E-state index in [0.717, 1.165) is 6.54 Å². The first-order valence-electron chi connectivity index (χ1n) is 5.82. The Balaban J connectivity index is 0. The molecule has 4 nitrogen and oxygen atoms in total. The lowest BCUT2D eigenvalue weighted by Gasteiger charge is -2.02. The van der Waals surface area contributed by atoms with E-state index < -0.39 is 5.97 Å². The molecule has 0 aliphatic heterocycles. The van der Waals surface area contributed by atoms with Crippen molar-refractivity contribution in [3.63, 3.8) is 0 Å². The lowest BCUT2D eigenvalue weighted by molar-refractivity contribution is 0.0564. The first kappa shape index (κ1) is 18.9. The van der Waals surface area contributed by atoms with Crippen LogP contribution in [-0.4, -0.2) is 24.1 Å². The van der Waals surface area contributed by atoms with Crippen LogP contribution >= 0.6 is 12.2 Å². The summed E-state index contributed by atoms with van der Waals surface area (Å²) < 4.78 is 4.78. The van der Waals surface area contributed by atoms with Gasteiger partial charge in [-0.2, -0.15) is 0 Å². The van der Waals surface area contributed by atoms with E-state index in [1.807, 2.05) is 26.8 Å². The average molecular weight is 270 g/mol. The van der Waals surface area contributed by atoms with E-state index in [-0.39, 0.29) is 11.6 Å². The third kappa shape index (κ3) is 11.0. The van der Waals surface area contributed by atoms with Gasteiger partial charge < -0.3 is 16.2 Å². The molecule has 0 aliphatic rings. The molecule has 0 fully saturated rings. The van der Waals surface area contributed by atoms with E-state index in [4.69, 9.17) is 16.2 Å². The van der Waals surface area contributed by atoms with Gasteiger partial charge in [0, 0.05) is 0 Å². The number of rotatable bonds is 3. The Kier molecular flexibility index (Phi) is 14.3. The second-order valence-corrected chi connectivity index (χ2v) is 3.34. The van der Waals surface area contributed by atoms with E-state index in [0.29, 0.717) is 5.56 Å². The molecule has 4 N–H and O–H groups in total. The topological polar surface area (TPSA) is 78.3 Å². The van der Waals surface area contributed by atoms with Gasteiger partial charge in [-0.25, -0.2) is 4.79 Å². The van der Waals surface area contributed by atoms with Gasteiger partial charge in [-0.3, -0.25) is 0 Å². The van der Waals surface area contributed by atoms with Crippen LogP contribution in [0.1, 0.15) is 31.1 Å².